The molecule has 4 rings (SSSR count). The van der Waals surface area contributed by atoms with Crippen molar-refractivity contribution in [2.24, 2.45) is 17.8 Å². The van der Waals surface area contributed by atoms with Gasteiger partial charge in [-0.2, -0.15) is 0 Å². The van der Waals surface area contributed by atoms with Gasteiger partial charge >= 0.3 is 0 Å². The first kappa shape index (κ1) is 13.1. The fourth-order valence-corrected chi connectivity index (χ4v) is 5.06. The molecule has 4 aliphatic rings. The summed E-state index contributed by atoms with van der Waals surface area (Å²) in [5, 5.41) is 3.21. The zero-order valence-corrected chi connectivity index (χ0v) is 12.1. The van der Waals surface area contributed by atoms with E-state index in [0.717, 1.165) is 31.1 Å². The van der Waals surface area contributed by atoms with Crippen LogP contribution in [0.4, 0.5) is 0 Å². The third-order valence-corrected chi connectivity index (χ3v) is 5.99. The number of rotatable bonds is 3. The summed E-state index contributed by atoms with van der Waals surface area (Å²) in [6.45, 7) is 1.33. The Bertz CT molecular complexity index is 386. The minimum Gasteiger partial charge on any atom is -0.348 e. The minimum absolute atomic E-state index is 0.0658. The van der Waals surface area contributed by atoms with Crippen molar-refractivity contribution in [2.45, 2.75) is 63.2 Å². The van der Waals surface area contributed by atoms with Crippen LogP contribution < -0.4 is 5.32 Å². The van der Waals surface area contributed by atoms with E-state index < -0.39 is 5.79 Å². The van der Waals surface area contributed by atoms with Crippen molar-refractivity contribution in [1.82, 2.24) is 5.32 Å². The predicted octanol–water partition coefficient (Wildman–Crippen LogP) is 2.22. The van der Waals surface area contributed by atoms with Crippen LogP contribution >= 0.6 is 0 Å². The molecule has 3 aliphatic carbocycles. The van der Waals surface area contributed by atoms with E-state index in [4.69, 9.17) is 9.47 Å². The van der Waals surface area contributed by atoms with Crippen LogP contribution in [-0.2, 0) is 14.3 Å². The number of nitrogens with one attached hydrogen (secondary N) is 1. The molecule has 0 aromatic rings. The van der Waals surface area contributed by atoms with E-state index in [1.807, 2.05) is 0 Å². The summed E-state index contributed by atoms with van der Waals surface area (Å²) in [5.41, 5.74) is 0. The van der Waals surface area contributed by atoms with Gasteiger partial charge in [0.2, 0.25) is 5.91 Å². The number of carbonyl (C=O) groups is 1. The average molecular weight is 279 g/mol. The van der Waals surface area contributed by atoms with Gasteiger partial charge in [0.1, 0.15) is 0 Å². The van der Waals surface area contributed by atoms with E-state index >= 15 is 0 Å². The molecule has 0 radical (unpaired) electrons. The van der Waals surface area contributed by atoms with Crippen LogP contribution in [0.1, 0.15) is 51.4 Å². The van der Waals surface area contributed by atoms with Crippen molar-refractivity contribution in [3.05, 3.63) is 0 Å². The quantitative estimate of drug-likeness (QED) is 0.861. The Labute approximate surface area is 120 Å². The van der Waals surface area contributed by atoms with Gasteiger partial charge in [-0.1, -0.05) is 6.42 Å². The Balaban J connectivity index is 1.33. The summed E-state index contributed by atoms with van der Waals surface area (Å²) in [7, 11) is 0. The molecular weight excluding hydrogens is 254 g/mol. The maximum Gasteiger partial charge on any atom is 0.220 e. The summed E-state index contributed by atoms with van der Waals surface area (Å²) in [6, 6.07) is 0.0658. The summed E-state index contributed by atoms with van der Waals surface area (Å²) in [5.74, 6) is 2.09. The lowest BCUT2D eigenvalue weighted by molar-refractivity contribution is -0.169. The molecule has 0 aromatic heterocycles. The van der Waals surface area contributed by atoms with Crippen molar-refractivity contribution in [2.75, 3.05) is 13.2 Å². The molecule has 4 fully saturated rings. The molecule has 1 spiro atoms. The lowest BCUT2D eigenvalue weighted by Crippen LogP contribution is -2.50. The van der Waals surface area contributed by atoms with Gasteiger partial charge in [0.05, 0.1) is 19.3 Å². The number of ether oxygens (including phenoxy) is 2. The maximum atomic E-state index is 12.3. The van der Waals surface area contributed by atoms with Gasteiger partial charge in [-0.3, -0.25) is 4.79 Å². The standard InChI is InChI=1S/C16H25NO3/c18-15(10-13-9-11-3-4-12(13)8-11)17-14-2-1-5-16(14)19-6-7-20-16/h11-14H,1-10H2,(H,17,18). The Morgan fingerprint density at radius 1 is 1.15 bits per heavy atom. The van der Waals surface area contributed by atoms with Crippen LogP contribution in [0.2, 0.25) is 0 Å². The molecule has 1 amide bonds. The Morgan fingerprint density at radius 2 is 2.00 bits per heavy atom. The number of amides is 1. The molecule has 20 heavy (non-hydrogen) atoms. The SMILES string of the molecule is O=C(CC1CC2CCC1C2)NC1CCCC12OCCO2. The average Bonchev–Trinajstić information content (AvgIpc) is 3.18. The third-order valence-electron chi connectivity index (χ3n) is 5.99. The third kappa shape index (κ3) is 2.17. The van der Waals surface area contributed by atoms with Crippen LogP contribution in [0, 0.1) is 17.8 Å². The number of hydrogen-bond acceptors (Lipinski definition) is 3. The molecule has 1 saturated heterocycles. The van der Waals surface area contributed by atoms with Crippen molar-refractivity contribution >= 4 is 5.91 Å². The van der Waals surface area contributed by atoms with E-state index in [2.05, 4.69) is 5.32 Å². The number of hydrogen-bond donors (Lipinski definition) is 1. The van der Waals surface area contributed by atoms with Crippen LogP contribution in [0.3, 0.4) is 0 Å². The van der Waals surface area contributed by atoms with E-state index in [1.54, 1.807) is 0 Å². The molecule has 4 unspecified atom stereocenters. The number of fused-ring (bicyclic) bond motifs is 2. The Morgan fingerprint density at radius 3 is 2.70 bits per heavy atom. The zero-order valence-electron chi connectivity index (χ0n) is 12.1. The first-order chi connectivity index (χ1) is 9.75. The fraction of sp³-hybridized carbons (Fsp3) is 0.938. The highest BCUT2D eigenvalue weighted by Gasteiger charge is 2.49. The molecule has 0 aromatic carbocycles. The first-order valence-corrected chi connectivity index (χ1v) is 8.32. The highest BCUT2D eigenvalue weighted by molar-refractivity contribution is 5.76. The normalized spacial score (nSPS) is 41.6. The Hall–Kier alpha value is -0.610. The van der Waals surface area contributed by atoms with Crippen LogP contribution in [0.5, 0.6) is 0 Å². The highest BCUT2D eigenvalue weighted by atomic mass is 16.7. The van der Waals surface area contributed by atoms with Gasteiger partial charge in [-0.05, 0) is 49.9 Å². The molecule has 1 N–H and O–H groups in total. The molecule has 112 valence electrons. The second-order valence-corrected chi connectivity index (χ2v) is 7.16. The smallest absolute Gasteiger partial charge is 0.220 e. The molecular formula is C16H25NO3. The second-order valence-electron chi connectivity index (χ2n) is 7.16. The van der Waals surface area contributed by atoms with Crippen LogP contribution in [0.15, 0.2) is 0 Å². The molecule has 3 saturated carbocycles. The van der Waals surface area contributed by atoms with Crippen molar-refractivity contribution in [3.8, 4) is 0 Å². The van der Waals surface area contributed by atoms with E-state index in [1.165, 1.54) is 25.7 Å². The fourth-order valence-electron chi connectivity index (χ4n) is 5.06. The van der Waals surface area contributed by atoms with E-state index in [9.17, 15) is 4.79 Å². The molecule has 1 heterocycles. The van der Waals surface area contributed by atoms with Crippen molar-refractivity contribution in [3.63, 3.8) is 0 Å². The van der Waals surface area contributed by atoms with Crippen LogP contribution in [-0.4, -0.2) is 30.9 Å². The van der Waals surface area contributed by atoms with Gasteiger partial charge in [0.25, 0.3) is 0 Å². The molecule has 4 atom stereocenters. The van der Waals surface area contributed by atoms with E-state index in [0.29, 0.717) is 25.6 Å². The summed E-state index contributed by atoms with van der Waals surface area (Å²) >= 11 is 0. The monoisotopic (exact) mass is 279 g/mol. The lowest BCUT2D eigenvalue weighted by atomic mass is 9.86. The van der Waals surface area contributed by atoms with Gasteiger partial charge < -0.3 is 14.8 Å². The van der Waals surface area contributed by atoms with Gasteiger partial charge in [0, 0.05) is 12.8 Å². The summed E-state index contributed by atoms with van der Waals surface area (Å²) < 4.78 is 11.6. The summed E-state index contributed by atoms with van der Waals surface area (Å²) in [6.07, 6.45) is 9.11. The Kier molecular flexibility index (Phi) is 3.26. The topological polar surface area (TPSA) is 47.6 Å². The predicted molar refractivity (Wildman–Crippen MR) is 74.0 cm³/mol. The van der Waals surface area contributed by atoms with E-state index in [-0.39, 0.29) is 11.9 Å². The molecule has 4 heteroatoms. The first-order valence-electron chi connectivity index (χ1n) is 8.32. The molecule has 4 nitrogen and oxygen atoms in total. The lowest BCUT2D eigenvalue weighted by Gasteiger charge is -2.30. The molecule has 2 bridgehead atoms. The van der Waals surface area contributed by atoms with Crippen LogP contribution in [0.25, 0.3) is 0 Å². The highest BCUT2D eigenvalue weighted by Crippen LogP contribution is 2.49. The minimum atomic E-state index is -0.496. The zero-order chi connectivity index (χ0) is 13.6. The largest absolute Gasteiger partial charge is 0.348 e. The van der Waals surface area contributed by atoms with Crippen molar-refractivity contribution < 1.29 is 14.3 Å². The van der Waals surface area contributed by atoms with Gasteiger partial charge in [-0.15, -0.1) is 0 Å². The summed E-state index contributed by atoms with van der Waals surface area (Å²) in [4.78, 5) is 12.3. The van der Waals surface area contributed by atoms with Gasteiger partial charge in [0.15, 0.2) is 5.79 Å². The maximum absolute atomic E-state index is 12.3. The van der Waals surface area contributed by atoms with Gasteiger partial charge in [-0.25, -0.2) is 0 Å². The van der Waals surface area contributed by atoms with Crippen molar-refractivity contribution in [1.29, 1.82) is 0 Å². The second kappa shape index (κ2) is 4.99. The number of carbonyl (C=O) groups excluding carboxylic acids is 1. The molecule has 1 aliphatic heterocycles.